The SMILES string of the molecule is COc1cc(C(=O)N2CCCC2)ccc1Nc1ncc2c(n1)NCC1=CC=CCC1(C)n1cnc(c1)C2(F)F. The summed E-state index contributed by atoms with van der Waals surface area (Å²) in [5.41, 5.74) is 0.770. The summed E-state index contributed by atoms with van der Waals surface area (Å²) in [5.74, 6) is -2.93. The maximum absolute atomic E-state index is 15.7. The lowest BCUT2D eigenvalue weighted by atomic mass is 9.84. The Kier molecular flexibility index (Phi) is 6.08. The Morgan fingerprint density at radius 2 is 2.03 bits per heavy atom. The summed E-state index contributed by atoms with van der Waals surface area (Å²) in [5, 5.41) is 6.19. The second kappa shape index (κ2) is 9.48. The third kappa shape index (κ3) is 4.31. The van der Waals surface area contributed by atoms with Crippen molar-refractivity contribution in [2.45, 2.75) is 37.6 Å². The number of halogens is 2. The molecule has 1 amide bonds. The summed E-state index contributed by atoms with van der Waals surface area (Å²) in [7, 11) is 1.50. The number of allylic oxidation sites excluding steroid dienone is 3. The van der Waals surface area contributed by atoms with E-state index in [9.17, 15) is 4.79 Å². The maximum Gasteiger partial charge on any atom is 0.321 e. The molecular weight excluding hydrogens is 504 g/mol. The molecule has 3 aromatic rings. The molecule has 1 aliphatic carbocycles. The monoisotopic (exact) mass is 533 g/mol. The van der Waals surface area contributed by atoms with Crippen molar-refractivity contribution < 1.29 is 18.3 Å². The summed E-state index contributed by atoms with van der Waals surface area (Å²) < 4.78 is 38.6. The highest BCUT2D eigenvalue weighted by atomic mass is 19.3. The van der Waals surface area contributed by atoms with E-state index >= 15 is 8.78 Å². The van der Waals surface area contributed by atoms with Gasteiger partial charge >= 0.3 is 5.92 Å². The molecule has 2 bridgehead atoms. The third-order valence-electron chi connectivity index (χ3n) is 7.78. The zero-order valence-electron chi connectivity index (χ0n) is 21.7. The van der Waals surface area contributed by atoms with Gasteiger partial charge in [-0.05, 0) is 50.0 Å². The van der Waals surface area contributed by atoms with Crippen molar-refractivity contribution in [2.75, 3.05) is 37.4 Å². The Balaban J connectivity index is 1.33. The summed E-state index contributed by atoms with van der Waals surface area (Å²) in [4.78, 5) is 27.3. The number of alkyl halides is 2. The molecule has 4 heterocycles. The fourth-order valence-electron chi connectivity index (χ4n) is 5.34. The molecule has 6 rings (SSSR count). The zero-order valence-corrected chi connectivity index (χ0v) is 21.7. The molecular formula is C28H29F2N7O2. The van der Waals surface area contributed by atoms with E-state index in [-0.39, 0.29) is 28.9 Å². The van der Waals surface area contributed by atoms with Crippen LogP contribution in [-0.4, -0.2) is 57.1 Å². The fourth-order valence-corrected chi connectivity index (χ4v) is 5.34. The summed E-state index contributed by atoms with van der Waals surface area (Å²) >= 11 is 0. The lowest BCUT2D eigenvalue weighted by molar-refractivity contribution is 0.0382. The number of fused-ring (bicyclic) bond motifs is 5. The van der Waals surface area contributed by atoms with Crippen molar-refractivity contribution in [1.82, 2.24) is 24.4 Å². The molecule has 39 heavy (non-hydrogen) atoms. The number of benzene rings is 1. The van der Waals surface area contributed by atoms with E-state index in [1.165, 1.54) is 19.6 Å². The number of aromatic nitrogens is 4. The predicted molar refractivity (Wildman–Crippen MR) is 143 cm³/mol. The van der Waals surface area contributed by atoms with Crippen LogP contribution < -0.4 is 15.4 Å². The number of hydrogen-bond acceptors (Lipinski definition) is 7. The third-order valence-corrected chi connectivity index (χ3v) is 7.78. The fraction of sp³-hybridized carbons (Fsp3) is 0.357. The highest BCUT2D eigenvalue weighted by Gasteiger charge is 2.43. The van der Waals surface area contributed by atoms with Crippen LogP contribution in [0.5, 0.6) is 5.75 Å². The molecule has 0 spiro atoms. The lowest BCUT2D eigenvalue weighted by Gasteiger charge is -2.36. The predicted octanol–water partition coefficient (Wildman–Crippen LogP) is 4.83. The minimum absolute atomic E-state index is 0.00607. The number of amides is 1. The van der Waals surface area contributed by atoms with Crippen LogP contribution in [0.4, 0.5) is 26.2 Å². The van der Waals surface area contributed by atoms with Crippen LogP contribution in [0.15, 0.2) is 60.7 Å². The van der Waals surface area contributed by atoms with E-state index in [4.69, 9.17) is 4.74 Å². The molecule has 9 nitrogen and oxygen atoms in total. The minimum atomic E-state index is -3.41. The Morgan fingerprint density at radius 3 is 2.82 bits per heavy atom. The highest BCUT2D eigenvalue weighted by molar-refractivity contribution is 5.95. The van der Waals surface area contributed by atoms with Gasteiger partial charge in [0.2, 0.25) is 5.95 Å². The van der Waals surface area contributed by atoms with Crippen LogP contribution in [0.2, 0.25) is 0 Å². The number of likely N-dealkylation sites (tertiary alicyclic amines) is 1. The largest absolute Gasteiger partial charge is 0.495 e. The summed E-state index contributed by atoms with van der Waals surface area (Å²) in [6, 6.07) is 5.08. The normalized spacial score (nSPS) is 21.3. The standard InChI is InChI=1S/C28H29F2N7O2/c1-27-10-4-3-7-19(27)14-31-24-20(28(29,30)23-16-37(27)17-33-23)15-32-26(35-24)34-21-9-8-18(13-22(21)39-2)25(38)36-11-5-6-12-36/h3-4,7-9,13,15-17H,5-6,10-12,14H2,1-2H3,(H2,31,32,34,35). The summed E-state index contributed by atoms with van der Waals surface area (Å²) in [6.07, 6.45) is 12.6. The van der Waals surface area contributed by atoms with E-state index < -0.39 is 11.5 Å². The highest BCUT2D eigenvalue weighted by Crippen LogP contribution is 2.42. The number of nitrogens with one attached hydrogen (secondary N) is 2. The summed E-state index contributed by atoms with van der Waals surface area (Å²) in [6.45, 7) is 3.81. The van der Waals surface area contributed by atoms with E-state index in [1.807, 2.05) is 30.1 Å². The topological polar surface area (TPSA) is 97.2 Å². The first kappa shape index (κ1) is 25.0. The average Bonchev–Trinajstić information content (AvgIpc) is 3.66. The molecule has 11 heteroatoms. The van der Waals surface area contributed by atoms with Crippen molar-refractivity contribution >= 4 is 23.4 Å². The molecule has 3 aliphatic rings. The van der Waals surface area contributed by atoms with Crippen LogP contribution >= 0.6 is 0 Å². The number of hydrogen-bond donors (Lipinski definition) is 2. The number of imidazole rings is 1. The van der Waals surface area contributed by atoms with Crippen molar-refractivity contribution in [3.8, 4) is 5.75 Å². The molecule has 1 aromatic carbocycles. The van der Waals surface area contributed by atoms with Crippen molar-refractivity contribution in [3.05, 3.63) is 77.5 Å². The Labute approximate surface area is 224 Å². The Morgan fingerprint density at radius 1 is 1.21 bits per heavy atom. The van der Waals surface area contributed by atoms with Crippen molar-refractivity contribution in [3.63, 3.8) is 0 Å². The molecule has 2 N–H and O–H groups in total. The van der Waals surface area contributed by atoms with Gasteiger partial charge in [0.25, 0.3) is 5.91 Å². The molecule has 1 fully saturated rings. The van der Waals surface area contributed by atoms with E-state index in [0.29, 0.717) is 30.0 Å². The van der Waals surface area contributed by atoms with Gasteiger partial charge in [0, 0.05) is 37.6 Å². The molecule has 2 aromatic heterocycles. The van der Waals surface area contributed by atoms with Crippen LogP contribution in [-0.2, 0) is 11.5 Å². The quantitative estimate of drug-likeness (QED) is 0.496. The van der Waals surface area contributed by atoms with Crippen LogP contribution in [0, 0.1) is 0 Å². The van der Waals surface area contributed by atoms with Gasteiger partial charge in [0.05, 0.1) is 30.2 Å². The van der Waals surface area contributed by atoms with Crippen LogP contribution in [0.1, 0.15) is 47.8 Å². The molecule has 1 atom stereocenters. The number of anilines is 3. The van der Waals surface area contributed by atoms with E-state index in [0.717, 1.165) is 37.7 Å². The van der Waals surface area contributed by atoms with Gasteiger partial charge in [-0.2, -0.15) is 13.8 Å². The average molecular weight is 534 g/mol. The van der Waals surface area contributed by atoms with Gasteiger partial charge in [-0.3, -0.25) is 4.79 Å². The number of methoxy groups -OCH3 is 1. The Bertz CT molecular complexity index is 1490. The zero-order chi connectivity index (χ0) is 27.2. The van der Waals surface area contributed by atoms with Crippen molar-refractivity contribution in [2.24, 2.45) is 0 Å². The van der Waals surface area contributed by atoms with Gasteiger partial charge in [-0.1, -0.05) is 18.2 Å². The van der Waals surface area contributed by atoms with E-state index in [2.05, 4.69) is 25.6 Å². The second-order valence-corrected chi connectivity index (χ2v) is 10.2. The number of ether oxygens (including phenoxy) is 1. The van der Waals surface area contributed by atoms with Gasteiger partial charge in [0.15, 0.2) is 0 Å². The molecule has 2 aliphatic heterocycles. The van der Waals surface area contributed by atoms with E-state index in [1.54, 1.807) is 22.8 Å². The Hall–Kier alpha value is -4.28. The lowest BCUT2D eigenvalue weighted by Crippen LogP contribution is -2.36. The first-order chi connectivity index (χ1) is 18.8. The van der Waals surface area contributed by atoms with Crippen LogP contribution in [0.3, 0.4) is 0 Å². The molecule has 1 unspecified atom stereocenters. The maximum atomic E-state index is 15.7. The number of carbonyl (C=O) groups is 1. The smallest absolute Gasteiger partial charge is 0.321 e. The number of rotatable bonds is 4. The first-order valence-corrected chi connectivity index (χ1v) is 12.9. The minimum Gasteiger partial charge on any atom is -0.495 e. The molecule has 202 valence electrons. The van der Waals surface area contributed by atoms with Gasteiger partial charge in [-0.15, -0.1) is 0 Å². The van der Waals surface area contributed by atoms with Crippen molar-refractivity contribution in [1.29, 1.82) is 0 Å². The van der Waals surface area contributed by atoms with Crippen LogP contribution in [0.25, 0.3) is 0 Å². The van der Waals surface area contributed by atoms with Gasteiger partial charge in [0.1, 0.15) is 17.3 Å². The molecule has 1 saturated heterocycles. The first-order valence-electron chi connectivity index (χ1n) is 12.9. The number of nitrogens with zero attached hydrogens (tertiary/aromatic N) is 5. The molecule has 0 radical (unpaired) electrons. The molecule has 0 saturated carbocycles. The van der Waals surface area contributed by atoms with Gasteiger partial charge in [-0.25, -0.2) is 9.97 Å². The number of carbonyl (C=O) groups excluding carboxylic acids is 1. The van der Waals surface area contributed by atoms with Gasteiger partial charge < -0.3 is 24.8 Å². The second-order valence-electron chi connectivity index (χ2n) is 10.2.